The summed E-state index contributed by atoms with van der Waals surface area (Å²) in [5, 5.41) is 3.32. The summed E-state index contributed by atoms with van der Waals surface area (Å²) in [6, 6.07) is 5.79. The van der Waals surface area contributed by atoms with Gasteiger partial charge in [-0.1, -0.05) is 6.07 Å². The van der Waals surface area contributed by atoms with E-state index < -0.39 is 0 Å². The van der Waals surface area contributed by atoms with Gasteiger partial charge < -0.3 is 10.2 Å². The van der Waals surface area contributed by atoms with Crippen LogP contribution in [0, 0.1) is 0 Å². The summed E-state index contributed by atoms with van der Waals surface area (Å²) in [4.78, 5) is 15.4. The van der Waals surface area contributed by atoms with E-state index in [0.29, 0.717) is 0 Å². The topological polar surface area (TPSA) is 53.9 Å². The van der Waals surface area contributed by atoms with Gasteiger partial charge in [0.05, 0.1) is 18.1 Å². The van der Waals surface area contributed by atoms with Gasteiger partial charge in [-0.05, 0) is 12.1 Å². The number of piperazine rings is 1. The van der Waals surface area contributed by atoms with Crippen molar-refractivity contribution in [2.45, 2.75) is 0 Å². The van der Waals surface area contributed by atoms with E-state index in [9.17, 15) is 0 Å². The molecule has 3 heterocycles. The molecule has 92 valence electrons. The minimum atomic E-state index is 0.814. The molecule has 1 aliphatic rings. The molecule has 2 aromatic heterocycles. The molecule has 3 rings (SSSR count). The van der Waals surface area contributed by atoms with Gasteiger partial charge >= 0.3 is 0 Å². The first-order chi connectivity index (χ1) is 8.93. The predicted octanol–water partition coefficient (Wildman–Crippen LogP) is 0.948. The molecule has 0 atom stereocenters. The highest BCUT2D eigenvalue weighted by atomic mass is 15.2. The lowest BCUT2D eigenvalue weighted by Gasteiger charge is -2.27. The van der Waals surface area contributed by atoms with Gasteiger partial charge in [-0.2, -0.15) is 0 Å². The molecule has 1 saturated heterocycles. The molecule has 0 unspecified atom stereocenters. The van der Waals surface area contributed by atoms with Crippen molar-refractivity contribution in [2.24, 2.45) is 0 Å². The molecule has 5 heteroatoms. The summed E-state index contributed by atoms with van der Waals surface area (Å²) in [5.41, 5.74) is 1.67. The van der Waals surface area contributed by atoms with Crippen LogP contribution >= 0.6 is 0 Å². The summed E-state index contributed by atoms with van der Waals surface area (Å²) in [6.07, 6.45) is 5.39. The molecular formula is C13H15N5. The zero-order valence-electron chi connectivity index (χ0n) is 10.1. The Morgan fingerprint density at radius 1 is 0.944 bits per heavy atom. The Bertz CT molecular complexity index is 491. The van der Waals surface area contributed by atoms with Crippen LogP contribution in [0.1, 0.15) is 0 Å². The fraction of sp³-hybridized carbons (Fsp3) is 0.308. The van der Waals surface area contributed by atoms with Crippen LogP contribution < -0.4 is 10.2 Å². The Hall–Kier alpha value is -2.01. The third-order valence-corrected chi connectivity index (χ3v) is 3.01. The van der Waals surface area contributed by atoms with Crippen molar-refractivity contribution in [3.8, 4) is 11.4 Å². The summed E-state index contributed by atoms with van der Waals surface area (Å²) in [6.45, 7) is 3.97. The lowest BCUT2D eigenvalue weighted by Crippen LogP contribution is -2.43. The smallest absolute Gasteiger partial charge is 0.147 e. The summed E-state index contributed by atoms with van der Waals surface area (Å²) >= 11 is 0. The minimum Gasteiger partial charge on any atom is -0.353 e. The number of hydrogen-bond donors (Lipinski definition) is 1. The van der Waals surface area contributed by atoms with Crippen molar-refractivity contribution >= 4 is 5.82 Å². The van der Waals surface area contributed by atoms with E-state index >= 15 is 0 Å². The third-order valence-electron chi connectivity index (χ3n) is 3.01. The van der Waals surface area contributed by atoms with E-state index in [4.69, 9.17) is 0 Å². The van der Waals surface area contributed by atoms with E-state index in [1.54, 1.807) is 12.4 Å². The molecule has 0 bridgehead atoms. The normalized spacial score (nSPS) is 15.7. The Labute approximate surface area is 106 Å². The van der Waals surface area contributed by atoms with Crippen molar-refractivity contribution in [1.82, 2.24) is 20.3 Å². The second kappa shape index (κ2) is 5.10. The molecule has 0 spiro atoms. The molecule has 0 radical (unpaired) electrons. The van der Waals surface area contributed by atoms with Gasteiger partial charge in [0, 0.05) is 32.4 Å². The molecule has 0 aliphatic carbocycles. The number of nitrogens with zero attached hydrogens (tertiary/aromatic N) is 4. The highest BCUT2D eigenvalue weighted by Crippen LogP contribution is 2.15. The second-order valence-electron chi connectivity index (χ2n) is 4.21. The van der Waals surface area contributed by atoms with Crippen LogP contribution in [0.15, 0.2) is 36.8 Å². The zero-order valence-corrected chi connectivity index (χ0v) is 10.1. The molecule has 1 aliphatic heterocycles. The Kier molecular flexibility index (Phi) is 3.14. The van der Waals surface area contributed by atoms with Gasteiger partial charge in [-0.25, -0.2) is 9.97 Å². The van der Waals surface area contributed by atoms with E-state index in [1.165, 1.54) is 0 Å². The van der Waals surface area contributed by atoms with Crippen molar-refractivity contribution in [2.75, 3.05) is 31.1 Å². The third kappa shape index (κ3) is 2.31. The predicted molar refractivity (Wildman–Crippen MR) is 70.3 cm³/mol. The number of pyridine rings is 1. The summed E-state index contributed by atoms with van der Waals surface area (Å²) in [5.74, 6) is 0.941. The molecule has 0 aromatic carbocycles. The number of hydrogen-bond acceptors (Lipinski definition) is 5. The first kappa shape index (κ1) is 11.1. The largest absolute Gasteiger partial charge is 0.353 e. The van der Waals surface area contributed by atoms with Gasteiger partial charge in [-0.3, -0.25) is 4.98 Å². The highest BCUT2D eigenvalue weighted by Gasteiger charge is 2.12. The van der Waals surface area contributed by atoms with Crippen LogP contribution in [0.4, 0.5) is 5.82 Å². The molecule has 1 fully saturated rings. The van der Waals surface area contributed by atoms with E-state index in [2.05, 4.69) is 25.2 Å². The van der Waals surface area contributed by atoms with E-state index in [-0.39, 0.29) is 0 Å². The van der Waals surface area contributed by atoms with Crippen LogP contribution in [0.5, 0.6) is 0 Å². The number of aromatic nitrogens is 3. The van der Waals surface area contributed by atoms with Crippen LogP contribution in [0.3, 0.4) is 0 Å². The molecule has 5 nitrogen and oxygen atoms in total. The number of rotatable bonds is 2. The number of nitrogens with one attached hydrogen (secondary N) is 1. The zero-order chi connectivity index (χ0) is 12.2. The quantitative estimate of drug-likeness (QED) is 0.848. The van der Waals surface area contributed by atoms with Gasteiger partial charge in [0.25, 0.3) is 0 Å². The van der Waals surface area contributed by atoms with Crippen molar-refractivity contribution in [3.63, 3.8) is 0 Å². The van der Waals surface area contributed by atoms with Crippen LogP contribution in [-0.2, 0) is 0 Å². The molecule has 0 amide bonds. The summed E-state index contributed by atoms with van der Waals surface area (Å²) < 4.78 is 0. The van der Waals surface area contributed by atoms with Crippen molar-refractivity contribution < 1.29 is 0 Å². The van der Waals surface area contributed by atoms with Gasteiger partial charge in [-0.15, -0.1) is 0 Å². The molecule has 1 N–H and O–H groups in total. The highest BCUT2D eigenvalue weighted by molar-refractivity contribution is 5.53. The molecular weight excluding hydrogens is 226 g/mol. The lowest BCUT2D eigenvalue weighted by atomic mass is 10.3. The lowest BCUT2D eigenvalue weighted by molar-refractivity contribution is 0.584. The van der Waals surface area contributed by atoms with E-state index in [0.717, 1.165) is 43.4 Å². The minimum absolute atomic E-state index is 0.814. The molecule has 18 heavy (non-hydrogen) atoms. The molecule has 2 aromatic rings. The van der Waals surface area contributed by atoms with Crippen LogP contribution in [0.2, 0.25) is 0 Å². The number of anilines is 1. The van der Waals surface area contributed by atoms with Crippen LogP contribution in [0.25, 0.3) is 11.4 Å². The standard InChI is InChI=1S/C13H15N5/c1-2-4-15-11(3-1)12-9-17-13(10-16-12)18-7-5-14-6-8-18/h1-4,9-10,14H,5-8H2. The van der Waals surface area contributed by atoms with Crippen molar-refractivity contribution in [3.05, 3.63) is 36.8 Å². The first-order valence-corrected chi connectivity index (χ1v) is 6.12. The van der Waals surface area contributed by atoms with Crippen LogP contribution in [-0.4, -0.2) is 41.1 Å². The van der Waals surface area contributed by atoms with Gasteiger partial charge in [0.15, 0.2) is 0 Å². The monoisotopic (exact) mass is 241 g/mol. The first-order valence-electron chi connectivity index (χ1n) is 6.12. The van der Waals surface area contributed by atoms with E-state index in [1.807, 2.05) is 24.4 Å². The maximum atomic E-state index is 4.47. The molecule has 0 saturated carbocycles. The Balaban J connectivity index is 1.80. The second-order valence-corrected chi connectivity index (χ2v) is 4.21. The van der Waals surface area contributed by atoms with Gasteiger partial charge in [0.1, 0.15) is 11.5 Å². The SMILES string of the molecule is c1ccc(-c2cnc(N3CCNCC3)cn2)nc1. The fourth-order valence-electron chi connectivity index (χ4n) is 2.03. The van der Waals surface area contributed by atoms with Crippen molar-refractivity contribution in [1.29, 1.82) is 0 Å². The average Bonchev–Trinajstić information content (AvgIpc) is 2.49. The maximum Gasteiger partial charge on any atom is 0.147 e. The average molecular weight is 241 g/mol. The Morgan fingerprint density at radius 3 is 2.50 bits per heavy atom. The fourth-order valence-corrected chi connectivity index (χ4v) is 2.03. The maximum absolute atomic E-state index is 4.47. The summed E-state index contributed by atoms with van der Waals surface area (Å²) in [7, 11) is 0. The Morgan fingerprint density at radius 2 is 1.83 bits per heavy atom. The van der Waals surface area contributed by atoms with Gasteiger partial charge in [0.2, 0.25) is 0 Å².